The predicted molar refractivity (Wildman–Crippen MR) is 48.2 cm³/mol. The molecule has 0 aliphatic heterocycles. The average Bonchev–Trinajstić information content (AvgIpc) is 2.01. The Morgan fingerprint density at radius 2 is 1.91 bits per heavy atom. The first-order chi connectivity index (χ1) is 5.16. The zero-order valence-electron chi connectivity index (χ0n) is 5.64. The summed E-state index contributed by atoms with van der Waals surface area (Å²) in [5.74, 6) is -0.0118. The van der Waals surface area contributed by atoms with Crippen molar-refractivity contribution in [1.82, 2.24) is 0 Å². The first-order valence-electron chi connectivity index (χ1n) is 2.96. The van der Waals surface area contributed by atoms with Gasteiger partial charge < -0.3 is 5.11 Å². The van der Waals surface area contributed by atoms with Gasteiger partial charge in [0.25, 0.3) is 0 Å². The van der Waals surface area contributed by atoms with Gasteiger partial charge >= 0.3 is 0 Å². The van der Waals surface area contributed by atoms with Crippen LogP contribution in [0.5, 0.6) is 5.75 Å². The van der Waals surface area contributed by atoms with Gasteiger partial charge in [-0.05, 0) is 17.7 Å². The zero-order valence-corrected chi connectivity index (χ0v) is 7.15. The first kappa shape index (κ1) is 8.44. The number of phenolic OH excluding ortho intramolecular Hbond substituents is 1. The number of aromatic hydroxyl groups is 1. The molecule has 3 heteroatoms. The van der Waals surface area contributed by atoms with Gasteiger partial charge in [-0.3, -0.25) is 0 Å². The highest BCUT2D eigenvalue weighted by atomic mass is 35.5. The van der Waals surface area contributed by atoms with E-state index in [-0.39, 0.29) is 10.8 Å². The van der Waals surface area contributed by atoms with E-state index in [9.17, 15) is 0 Å². The molecule has 0 radical (unpaired) electrons. The minimum atomic E-state index is -0.0118. The van der Waals surface area contributed by atoms with E-state index in [0.29, 0.717) is 5.02 Å². The second kappa shape index (κ2) is 3.16. The minimum Gasteiger partial charge on any atom is -0.506 e. The highest BCUT2D eigenvalue weighted by Crippen LogP contribution is 2.33. The molecule has 0 aromatic heterocycles. The molecule has 0 unspecified atom stereocenters. The topological polar surface area (TPSA) is 20.2 Å². The van der Waals surface area contributed by atoms with Gasteiger partial charge in [-0.25, -0.2) is 0 Å². The monoisotopic (exact) mass is 188 g/mol. The lowest BCUT2D eigenvalue weighted by atomic mass is 10.2. The van der Waals surface area contributed by atoms with Crippen molar-refractivity contribution < 1.29 is 5.11 Å². The standard InChI is InChI=1S/C8H6Cl2O/c1-2-5-3-4-6(11)8(10)7(5)9/h2-4,11H,1H2. The summed E-state index contributed by atoms with van der Waals surface area (Å²) in [6, 6.07) is 3.13. The predicted octanol–water partition coefficient (Wildman–Crippen LogP) is 3.34. The molecule has 0 fully saturated rings. The summed E-state index contributed by atoms with van der Waals surface area (Å²) in [7, 11) is 0. The molecule has 0 aliphatic carbocycles. The molecule has 0 bridgehead atoms. The van der Waals surface area contributed by atoms with Crippen LogP contribution in [0.4, 0.5) is 0 Å². The largest absolute Gasteiger partial charge is 0.506 e. The van der Waals surface area contributed by atoms with Crippen molar-refractivity contribution in [3.05, 3.63) is 34.3 Å². The fourth-order valence-electron chi connectivity index (χ4n) is 0.712. The van der Waals surface area contributed by atoms with Gasteiger partial charge in [0, 0.05) is 0 Å². The SMILES string of the molecule is C=Cc1ccc(O)c(Cl)c1Cl. The molecule has 1 rings (SSSR count). The van der Waals surface area contributed by atoms with Crippen LogP contribution >= 0.6 is 23.2 Å². The zero-order chi connectivity index (χ0) is 8.43. The fourth-order valence-corrected chi connectivity index (χ4v) is 1.12. The molecule has 58 valence electrons. The maximum atomic E-state index is 9.07. The first-order valence-corrected chi connectivity index (χ1v) is 3.72. The van der Waals surface area contributed by atoms with E-state index < -0.39 is 0 Å². The van der Waals surface area contributed by atoms with Crippen molar-refractivity contribution in [3.63, 3.8) is 0 Å². The molecule has 0 amide bonds. The van der Waals surface area contributed by atoms with Crippen LogP contribution in [0, 0.1) is 0 Å². The lowest BCUT2D eigenvalue weighted by molar-refractivity contribution is 0.475. The summed E-state index contributed by atoms with van der Waals surface area (Å²) >= 11 is 11.4. The quantitative estimate of drug-likeness (QED) is 0.718. The Morgan fingerprint density at radius 1 is 1.27 bits per heavy atom. The molecule has 0 heterocycles. The molecule has 1 aromatic rings. The van der Waals surface area contributed by atoms with Crippen molar-refractivity contribution in [2.24, 2.45) is 0 Å². The fraction of sp³-hybridized carbons (Fsp3) is 0. The lowest BCUT2D eigenvalue weighted by Crippen LogP contribution is -1.76. The van der Waals surface area contributed by atoms with Crippen molar-refractivity contribution in [3.8, 4) is 5.75 Å². The van der Waals surface area contributed by atoms with Gasteiger partial charge in [-0.15, -0.1) is 0 Å². The number of rotatable bonds is 1. The summed E-state index contributed by atoms with van der Waals surface area (Å²) < 4.78 is 0. The van der Waals surface area contributed by atoms with E-state index in [1.165, 1.54) is 6.07 Å². The molecule has 0 saturated heterocycles. The van der Waals surface area contributed by atoms with E-state index in [1.54, 1.807) is 12.1 Å². The molecule has 0 atom stereocenters. The summed E-state index contributed by atoms with van der Waals surface area (Å²) in [6.45, 7) is 3.54. The molecule has 1 nitrogen and oxygen atoms in total. The number of hydrogen-bond acceptors (Lipinski definition) is 1. The Bertz CT molecular complexity index is 294. The maximum absolute atomic E-state index is 9.07. The summed E-state index contributed by atoms with van der Waals surface area (Å²) in [5, 5.41) is 9.57. The van der Waals surface area contributed by atoms with Gasteiger partial charge in [0.2, 0.25) is 0 Å². The number of halogens is 2. The third-order valence-electron chi connectivity index (χ3n) is 1.31. The van der Waals surface area contributed by atoms with E-state index >= 15 is 0 Å². The van der Waals surface area contributed by atoms with Crippen LogP contribution in [0.1, 0.15) is 5.56 Å². The third-order valence-corrected chi connectivity index (χ3v) is 2.20. The Balaban J connectivity index is 3.36. The van der Waals surface area contributed by atoms with Gasteiger partial charge in [0.15, 0.2) is 0 Å². The van der Waals surface area contributed by atoms with Crippen molar-refractivity contribution in [2.75, 3.05) is 0 Å². The van der Waals surface area contributed by atoms with Gasteiger partial charge in [0.05, 0.1) is 5.02 Å². The van der Waals surface area contributed by atoms with E-state index in [2.05, 4.69) is 6.58 Å². The Labute approximate surface area is 74.9 Å². The van der Waals surface area contributed by atoms with Crippen LogP contribution in [0.15, 0.2) is 18.7 Å². The second-order valence-corrected chi connectivity index (χ2v) is 2.76. The molecule has 0 spiro atoms. The normalized spacial score (nSPS) is 9.64. The van der Waals surface area contributed by atoms with Crippen LogP contribution in [0.25, 0.3) is 6.08 Å². The molecular formula is C8H6Cl2O. The average molecular weight is 189 g/mol. The third kappa shape index (κ3) is 1.50. The van der Waals surface area contributed by atoms with Gasteiger partial charge in [-0.2, -0.15) is 0 Å². The lowest BCUT2D eigenvalue weighted by Gasteiger charge is -2.01. The Kier molecular flexibility index (Phi) is 2.42. The number of benzene rings is 1. The van der Waals surface area contributed by atoms with Crippen molar-refractivity contribution in [2.45, 2.75) is 0 Å². The summed E-state index contributed by atoms with van der Waals surface area (Å²) in [6.07, 6.45) is 1.58. The number of hydrogen-bond donors (Lipinski definition) is 1. The summed E-state index contributed by atoms with van der Waals surface area (Å²) in [5.41, 5.74) is 0.717. The molecule has 0 saturated carbocycles. The van der Waals surface area contributed by atoms with Crippen LogP contribution in [0.3, 0.4) is 0 Å². The second-order valence-electron chi connectivity index (χ2n) is 2.01. The van der Waals surface area contributed by atoms with E-state index in [0.717, 1.165) is 5.56 Å². The minimum absolute atomic E-state index is 0.0118. The van der Waals surface area contributed by atoms with Crippen molar-refractivity contribution in [1.29, 1.82) is 0 Å². The highest BCUT2D eigenvalue weighted by molar-refractivity contribution is 6.43. The highest BCUT2D eigenvalue weighted by Gasteiger charge is 2.05. The van der Waals surface area contributed by atoms with Crippen molar-refractivity contribution >= 4 is 29.3 Å². The maximum Gasteiger partial charge on any atom is 0.135 e. The summed E-state index contributed by atoms with van der Waals surface area (Å²) in [4.78, 5) is 0. The van der Waals surface area contributed by atoms with Gasteiger partial charge in [0.1, 0.15) is 10.8 Å². The van der Waals surface area contributed by atoms with Gasteiger partial charge in [-0.1, -0.05) is 35.9 Å². The van der Waals surface area contributed by atoms with E-state index in [4.69, 9.17) is 28.3 Å². The molecule has 1 N–H and O–H groups in total. The van der Waals surface area contributed by atoms with Crippen LogP contribution in [0.2, 0.25) is 10.0 Å². The van der Waals surface area contributed by atoms with E-state index in [1.807, 2.05) is 0 Å². The Morgan fingerprint density at radius 3 is 2.45 bits per heavy atom. The molecule has 1 aromatic carbocycles. The molecular weight excluding hydrogens is 183 g/mol. The molecule has 0 aliphatic rings. The molecule has 11 heavy (non-hydrogen) atoms. The van der Waals surface area contributed by atoms with Crippen LogP contribution < -0.4 is 0 Å². The van der Waals surface area contributed by atoms with Crippen LogP contribution in [-0.4, -0.2) is 5.11 Å². The van der Waals surface area contributed by atoms with Crippen LogP contribution in [-0.2, 0) is 0 Å². The number of phenols is 1. The Hall–Kier alpha value is -0.660. The smallest absolute Gasteiger partial charge is 0.135 e.